The molecule has 0 radical (unpaired) electrons. The van der Waals surface area contributed by atoms with Crippen LogP contribution in [0.5, 0.6) is 0 Å². The smallest absolute Gasteiger partial charge is 0.194 e. The molecule has 94 valence electrons. The molecule has 0 amide bonds. The van der Waals surface area contributed by atoms with Crippen LogP contribution in [0.4, 0.5) is 13.2 Å². The van der Waals surface area contributed by atoms with Crippen molar-refractivity contribution < 1.29 is 18.3 Å². The Bertz CT molecular complexity index is 395. The number of nitrogens with one attached hydrogen (secondary N) is 1. The molecular formula is C12H14F3NO. The molecule has 5 heteroatoms. The molecule has 0 heterocycles. The number of hydrogen-bond acceptors (Lipinski definition) is 2. The Morgan fingerprint density at radius 2 is 1.76 bits per heavy atom. The maximum atomic E-state index is 12.9. The highest BCUT2D eigenvalue weighted by molar-refractivity contribution is 5.19. The van der Waals surface area contributed by atoms with Crippen molar-refractivity contribution in [3.05, 3.63) is 35.1 Å². The zero-order valence-corrected chi connectivity index (χ0v) is 9.27. The first-order valence-corrected chi connectivity index (χ1v) is 5.51. The minimum absolute atomic E-state index is 0.0584. The van der Waals surface area contributed by atoms with Crippen molar-refractivity contribution in [2.75, 3.05) is 13.2 Å². The normalized spacial score (nSPS) is 17.2. The number of hydrogen-bond donors (Lipinski definition) is 2. The Labute approximate surface area is 97.5 Å². The van der Waals surface area contributed by atoms with Gasteiger partial charge in [-0.3, -0.25) is 0 Å². The van der Waals surface area contributed by atoms with Gasteiger partial charge in [0.25, 0.3) is 0 Å². The molecule has 0 bridgehead atoms. The lowest BCUT2D eigenvalue weighted by Gasteiger charge is -2.12. The van der Waals surface area contributed by atoms with Gasteiger partial charge >= 0.3 is 0 Å². The summed E-state index contributed by atoms with van der Waals surface area (Å²) < 4.78 is 38.5. The highest BCUT2D eigenvalue weighted by Crippen LogP contribution is 2.44. The van der Waals surface area contributed by atoms with Crippen LogP contribution >= 0.6 is 0 Å². The average Bonchev–Trinajstić information content (AvgIpc) is 3.06. The fourth-order valence-electron chi connectivity index (χ4n) is 1.75. The third-order valence-corrected chi connectivity index (χ3v) is 3.17. The number of rotatable bonds is 5. The quantitative estimate of drug-likeness (QED) is 0.777. The van der Waals surface area contributed by atoms with Gasteiger partial charge in [0.2, 0.25) is 0 Å². The summed E-state index contributed by atoms with van der Waals surface area (Å²) in [5.41, 5.74) is 0.298. The highest BCUT2D eigenvalue weighted by atomic mass is 19.2. The summed E-state index contributed by atoms with van der Waals surface area (Å²) in [7, 11) is 0. The van der Waals surface area contributed by atoms with E-state index in [1.54, 1.807) is 0 Å². The summed E-state index contributed by atoms with van der Waals surface area (Å²) in [4.78, 5) is 0. The van der Waals surface area contributed by atoms with Crippen LogP contribution in [0.15, 0.2) is 12.1 Å². The molecular weight excluding hydrogens is 231 g/mol. The van der Waals surface area contributed by atoms with E-state index in [-0.39, 0.29) is 18.6 Å². The van der Waals surface area contributed by atoms with Crippen LogP contribution in [0, 0.1) is 22.9 Å². The first kappa shape index (κ1) is 12.4. The minimum Gasteiger partial charge on any atom is -0.396 e. The molecule has 0 aliphatic heterocycles. The maximum Gasteiger partial charge on any atom is 0.194 e. The van der Waals surface area contributed by atoms with Gasteiger partial charge in [-0.2, -0.15) is 0 Å². The lowest BCUT2D eigenvalue weighted by molar-refractivity contribution is 0.207. The van der Waals surface area contributed by atoms with E-state index >= 15 is 0 Å². The topological polar surface area (TPSA) is 32.3 Å². The Morgan fingerprint density at radius 1 is 1.18 bits per heavy atom. The van der Waals surface area contributed by atoms with Crippen molar-refractivity contribution in [3.8, 4) is 0 Å². The number of halogens is 3. The molecule has 1 saturated carbocycles. The van der Waals surface area contributed by atoms with E-state index in [0.717, 1.165) is 25.0 Å². The third kappa shape index (κ3) is 2.79. The molecule has 17 heavy (non-hydrogen) atoms. The van der Waals surface area contributed by atoms with E-state index < -0.39 is 17.5 Å². The fraction of sp³-hybridized carbons (Fsp3) is 0.500. The van der Waals surface area contributed by atoms with E-state index in [2.05, 4.69) is 5.32 Å². The van der Waals surface area contributed by atoms with Crippen molar-refractivity contribution in [3.63, 3.8) is 0 Å². The van der Waals surface area contributed by atoms with Gasteiger partial charge in [0.05, 0.1) is 0 Å². The lowest BCUT2D eigenvalue weighted by Crippen LogP contribution is -2.26. The molecule has 0 unspecified atom stereocenters. The first-order chi connectivity index (χ1) is 8.06. The van der Waals surface area contributed by atoms with Crippen LogP contribution in [0.3, 0.4) is 0 Å². The van der Waals surface area contributed by atoms with Gasteiger partial charge in [-0.05, 0) is 30.5 Å². The van der Waals surface area contributed by atoms with Gasteiger partial charge in [-0.25, -0.2) is 13.2 Å². The summed E-state index contributed by atoms with van der Waals surface area (Å²) >= 11 is 0. The Balaban J connectivity index is 1.91. The zero-order valence-electron chi connectivity index (χ0n) is 9.27. The molecule has 0 saturated heterocycles. The summed E-state index contributed by atoms with van der Waals surface area (Å²) in [5.74, 6) is -3.79. The Kier molecular flexibility index (Phi) is 3.40. The van der Waals surface area contributed by atoms with E-state index in [4.69, 9.17) is 5.11 Å². The third-order valence-electron chi connectivity index (χ3n) is 3.17. The van der Waals surface area contributed by atoms with Gasteiger partial charge in [0.1, 0.15) is 0 Å². The fourth-order valence-corrected chi connectivity index (χ4v) is 1.75. The zero-order chi connectivity index (χ0) is 12.5. The van der Waals surface area contributed by atoms with Crippen LogP contribution in [0.25, 0.3) is 0 Å². The second-order valence-corrected chi connectivity index (χ2v) is 4.64. The van der Waals surface area contributed by atoms with Crippen LogP contribution in [-0.2, 0) is 6.54 Å². The number of benzene rings is 1. The predicted octanol–water partition coefficient (Wildman–Crippen LogP) is 1.97. The molecule has 1 aliphatic carbocycles. The van der Waals surface area contributed by atoms with E-state index in [1.807, 2.05) is 0 Å². The predicted molar refractivity (Wildman–Crippen MR) is 56.8 cm³/mol. The summed E-state index contributed by atoms with van der Waals surface area (Å²) in [5, 5.41) is 12.1. The molecule has 1 aromatic rings. The summed E-state index contributed by atoms with van der Waals surface area (Å²) in [6.07, 6.45) is 1.92. The Hall–Kier alpha value is -1.07. The minimum atomic E-state index is -1.44. The van der Waals surface area contributed by atoms with Gasteiger partial charge in [-0.15, -0.1) is 0 Å². The molecule has 2 rings (SSSR count). The van der Waals surface area contributed by atoms with Crippen LogP contribution in [-0.4, -0.2) is 18.3 Å². The van der Waals surface area contributed by atoms with Gasteiger partial charge in [0.15, 0.2) is 17.5 Å². The van der Waals surface area contributed by atoms with Crippen molar-refractivity contribution in [1.82, 2.24) is 5.32 Å². The largest absolute Gasteiger partial charge is 0.396 e. The van der Waals surface area contributed by atoms with Crippen LogP contribution in [0.2, 0.25) is 0 Å². The summed E-state index contributed by atoms with van der Waals surface area (Å²) in [6.45, 7) is 0.978. The second kappa shape index (κ2) is 4.66. The molecule has 2 nitrogen and oxygen atoms in total. The molecule has 0 aromatic heterocycles. The highest BCUT2D eigenvalue weighted by Gasteiger charge is 2.41. The molecule has 1 aromatic carbocycles. The van der Waals surface area contributed by atoms with Crippen LogP contribution < -0.4 is 5.32 Å². The molecule has 0 atom stereocenters. The van der Waals surface area contributed by atoms with Crippen LogP contribution in [0.1, 0.15) is 18.4 Å². The monoisotopic (exact) mass is 245 g/mol. The van der Waals surface area contributed by atoms with Crippen molar-refractivity contribution >= 4 is 0 Å². The molecule has 1 fully saturated rings. The maximum absolute atomic E-state index is 12.9. The number of aliphatic hydroxyl groups excluding tert-OH is 1. The van der Waals surface area contributed by atoms with Gasteiger partial charge in [-0.1, -0.05) is 0 Å². The first-order valence-electron chi connectivity index (χ1n) is 5.51. The van der Waals surface area contributed by atoms with Gasteiger partial charge < -0.3 is 10.4 Å². The second-order valence-electron chi connectivity index (χ2n) is 4.64. The average molecular weight is 245 g/mol. The standard InChI is InChI=1S/C12H14F3NO/c13-9-3-8(4-10(14)11(9)15)5-16-6-12(7-17)1-2-12/h3-4,16-17H,1-2,5-7H2. The summed E-state index contributed by atoms with van der Waals surface area (Å²) in [6, 6.07) is 1.95. The SMILES string of the molecule is OCC1(CNCc2cc(F)c(F)c(F)c2)CC1. The van der Waals surface area contributed by atoms with Gasteiger partial charge in [0, 0.05) is 25.1 Å². The number of aliphatic hydroxyl groups is 1. The molecule has 1 aliphatic rings. The van der Waals surface area contributed by atoms with Crippen molar-refractivity contribution in [2.45, 2.75) is 19.4 Å². The van der Waals surface area contributed by atoms with Crippen molar-refractivity contribution in [2.24, 2.45) is 5.41 Å². The van der Waals surface area contributed by atoms with E-state index in [0.29, 0.717) is 12.1 Å². The van der Waals surface area contributed by atoms with Crippen molar-refractivity contribution in [1.29, 1.82) is 0 Å². The molecule has 2 N–H and O–H groups in total. The van der Waals surface area contributed by atoms with E-state index in [1.165, 1.54) is 0 Å². The lowest BCUT2D eigenvalue weighted by atomic mass is 10.1. The van der Waals surface area contributed by atoms with E-state index in [9.17, 15) is 13.2 Å². The molecule has 0 spiro atoms. The Morgan fingerprint density at radius 3 is 2.24 bits per heavy atom.